The minimum atomic E-state index is -0.110. The number of rotatable bonds is 3. The zero-order valence-electron chi connectivity index (χ0n) is 8.39. The summed E-state index contributed by atoms with van der Waals surface area (Å²) in [7, 11) is 1.85. The van der Waals surface area contributed by atoms with Crippen molar-refractivity contribution in [2.75, 3.05) is 7.05 Å². The van der Waals surface area contributed by atoms with Crippen LogP contribution in [0.15, 0.2) is 18.2 Å². The zero-order valence-corrected chi connectivity index (χ0v) is 8.39. The lowest BCUT2D eigenvalue weighted by Crippen LogP contribution is -2.16. The molecule has 2 heteroatoms. The highest BCUT2D eigenvalue weighted by atomic mass is 19.1. The maximum absolute atomic E-state index is 13.4. The van der Waals surface area contributed by atoms with Crippen LogP contribution in [0.4, 0.5) is 4.39 Å². The Hall–Kier alpha value is -0.890. The van der Waals surface area contributed by atoms with E-state index in [-0.39, 0.29) is 11.9 Å². The second-order valence-corrected chi connectivity index (χ2v) is 3.27. The molecule has 0 heterocycles. The van der Waals surface area contributed by atoms with Gasteiger partial charge in [-0.2, -0.15) is 0 Å². The van der Waals surface area contributed by atoms with Crippen LogP contribution in [-0.2, 0) is 0 Å². The van der Waals surface area contributed by atoms with E-state index < -0.39 is 0 Å². The Morgan fingerprint density at radius 1 is 1.46 bits per heavy atom. The minimum Gasteiger partial charge on any atom is -0.313 e. The lowest BCUT2D eigenvalue weighted by Gasteiger charge is -2.15. The molecule has 0 saturated heterocycles. The largest absolute Gasteiger partial charge is 0.313 e. The molecule has 0 radical (unpaired) electrons. The van der Waals surface area contributed by atoms with E-state index in [1.807, 2.05) is 33.0 Å². The van der Waals surface area contributed by atoms with Crippen molar-refractivity contribution in [2.24, 2.45) is 0 Å². The molecule has 72 valence electrons. The van der Waals surface area contributed by atoms with Crippen molar-refractivity contribution < 1.29 is 4.39 Å². The standard InChI is InChI=1S/C11H16FN/c1-4-11(13-3)9-6-5-8(2)7-10(9)12/h5-7,11,13H,4H2,1-3H3. The molecule has 1 rings (SSSR count). The number of aryl methyl sites for hydroxylation is 1. The fraction of sp³-hybridized carbons (Fsp3) is 0.455. The van der Waals surface area contributed by atoms with Crippen molar-refractivity contribution in [1.82, 2.24) is 5.32 Å². The van der Waals surface area contributed by atoms with E-state index in [1.165, 1.54) is 0 Å². The average Bonchev–Trinajstić information content (AvgIpc) is 2.10. The van der Waals surface area contributed by atoms with E-state index in [0.717, 1.165) is 17.5 Å². The van der Waals surface area contributed by atoms with Crippen LogP contribution in [-0.4, -0.2) is 7.05 Å². The quantitative estimate of drug-likeness (QED) is 0.756. The topological polar surface area (TPSA) is 12.0 Å². The van der Waals surface area contributed by atoms with Gasteiger partial charge < -0.3 is 5.32 Å². The van der Waals surface area contributed by atoms with E-state index in [9.17, 15) is 4.39 Å². The number of nitrogens with one attached hydrogen (secondary N) is 1. The first kappa shape index (κ1) is 10.2. The van der Waals surface area contributed by atoms with E-state index in [2.05, 4.69) is 5.32 Å². The average molecular weight is 181 g/mol. The maximum Gasteiger partial charge on any atom is 0.128 e. The first-order chi connectivity index (χ1) is 6.19. The first-order valence-electron chi connectivity index (χ1n) is 4.62. The van der Waals surface area contributed by atoms with Gasteiger partial charge in [-0.25, -0.2) is 4.39 Å². The second kappa shape index (κ2) is 4.38. The molecule has 0 aliphatic heterocycles. The van der Waals surface area contributed by atoms with Crippen LogP contribution in [0.2, 0.25) is 0 Å². The summed E-state index contributed by atoms with van der Waals surface area (Å²) in [5, 5.41) is 3.09. The van der Waals surface area contributed by atoms with Crippen molar-refractivity contribution >= 4 is 0 Å². The number of benzene rings is 1. The molecule has 0 aliphatic carbocycles. The molecule has 0 spiro atoms. The van der Waals surface area contributed by atoms with Crippen molar-refractivity contribution in [3.05, 3.63) is 35.1 Å². The van der Waals surface area contributed by atoms with Gasteiger partial charge in [-0.05, 0) is 32.0 Å². The van der Waals surface area contributed by atoms with Crippen LogP contribution < -0.4 is 5.32 Å². The molecule has 1 unspecified atom stereocenters. The molecule has 1 nitrogen and oxygen atoms in total. The molecule has 1 aromatic rings. The highest BCUT2D eigenvalue weighted by Gasteiger charge is 2.10. The molecule has 1 N–H and O–H groups in total. The van der Waals surface area contributed by atoms with E-state index in [4.69, 9.17) is 0 Å². The smallest absolute Gasteiger partial charge is 0.128 e. The summed E-state index contributed by atoms with van der Waals surface area (Å²) in [6.45, 7) is 3.94. The Bertz CT molecular complexity index is 279. The Morgan fingerprint density at radius 2 is 2.15 bits per heavy atom. The predicted octanol–water partition coefficient (Wildman–Crippen LogP) is 2.80. The van der Waals surface area contributed by atoms with E-state index >= 15 is 0 Å². The Kier molecular flexibility index (Phi) is 3.43. The summed E-state index contributed by atoms with van der Waals surface area (Å²) in [6, 6.07) is 5.50. The summed E-state index contributed by atoms with van der Waals surface area (Å²) in [5.74, 6) is -0.110. The Balaban J connectivity index is 2.99. The second-order valence-electron chi connectivity index (χ2n) is 3.27. The van der Waals surface area contributed by atoms with E-state index in [1.54, 1.807) is 6.07 Å². The Labute approximate surface area is 79.0 Å². The van der Waals surface area contributed by atoms with Crippen LogP contribution in [0.1, 0.15) is 30.5 Å². The van der Waals surface area contributed by atoms with Gasteiger partial charge in [0.15, 0.2) is 0 Å². The number of hydrogen-bond donors (Lipinski definition) is 1. The van der Waals surface area contributed by atoms with Gasteiger partial charge in [0.1, 0.15) is 5.82 Å². The van der Waals surface area contributed by atoms with Gasteiger partial charge in [0.25, 0.3) is 0 Å². The van der Waals surface area contributed by atoms with Crippen LogP contribution in [0.25, 0.3) is 0 Å². The highest BCUT2D eigenvalue weighted by Crippen LogP contribution is 2.20. The molecule has 0 aliphatic rings. The summed E-state index contributed by atoms with van der Waals surface area (Å²) in [4.78, 5) is 0. The lowest BCUT2D eigenvalue weighted by molar-refractivity contribution is 0.525. The van der Waals surface area contributed by atoms with Crippen molar-refractivity contribution in [3.63, 3.8) is 0 Å². The number of halogens is 1. The van der Waals surface area contributed by atoms with Gasteiger partial charge in [0, 0.05) is 11.6 Å². The fourth-order valence-electron chi connectivity index (χ4n) is 1.49. The number of hydrogen-bond acceptors (Lipinski definition) is 1. The third kappa shape index (κ3) is 2.28. The van der Waals surface area contributed by atoms with Crippen molar-refractivity contribution in [3.8, 4) is 0 Å². The third-order valence-corrected chi connectivity index (χ3v) is 2.29. The third-order valence-electron chi connectivity index (χ3n) is 2.29. The molecule has 0 aromatic heterocycles. The van der Waals surface area contributed by atoms with Crippen LogP contribution in [0, 0.1) is 12.7 Å². The molecule has 0 saturated carbocycles. The molecule has 13 heavy (non-hydrogen) atoms. The summed E-state index contributed by atoms with van der Waals surface area (Å²) >= 11 is 0. The van der Waals surface area contributed by atoms with E-state index in [0.29, 0.717) is 0 Å². The molecule has 0 fully saturated rings. The van der Waals surface area contributed by atoms with Gasteiger partial charge in [-0.1, -0.05) is 19.1 Å². The lowest BCUT2D eigenvalue weighted by atomic mass is 10.0. The summed E-state index contributed by atoms with van der Waals surface area (Å²) in [6.07, 6.45) is 0.899. The van der Waals surface area contributed by atoms with Gasteiger partial charge in [0.05, 0.1) is 0 Å². The minimum absolute atomic E-state index is 0.110. The van der Waals surface area contributed by atoms with Crippen LogP contribution in [0.3, 0.4) is 0 Å². The Morgan fingerprint density at radius 3 is 2.62 bits per heavy atom. The molecule has 1 atom stereocenters. The molecular weight excluding hydrogens is 165 g/mol. The molecule has 1 aromatic carbocycles. The first-order valence-corrected chi connectivity index (χ1v) is 4.62. The van der Waals surface area contributed by atoms with Crippen molar-refractivity contribution in [2.45, 2.75) is 26.3 Å². The van der Waals surface area contributed by atoms with Crippen LogP contribution in [0.5, 0.6) is 0 Å². The monoisotopic (exact) mass is 181 g/mol. The molecule has 0 amide bonds. The zero-order chi connectivity index (χ0) is 9.84. The van der Waals surface area contributed by atoms with Crippen molar-refractivity contribution in [1.29, 1.82) is 0 Å². The summed E-state index contributed by atoms with van der Waals surface area (Å²) in [5.41, 5.74) is 1.72. The predicted molar refractivity (Wildman–Crippen MR) is 53.2 cm³/mol. The molecule has 0 bridgehead atoms. The normalized spacial score (nSPS) is 12.9. The van der Waals surface area contributed by atoms with Gasteiger partial charge >= 0.3 is 0 Å². The molecular formula is C11H16FN. The fourth-order valence-corrected chi connectivity index (χ4v) is 1.49. The summed E-state index contributed by atoms with van der Waals surface area (Å²) < 4.78 is 13.4. The maximum atomic E-state index is 13.4. The van der Waals surface area contributed by atoms with Gasteiger partial charge in [0.2, 0.25) is 0 Å². The highest BCUT2D eigenvalue weighted by molar-refractivity contribution is 5.25. The van der Waals surface area contributed by atoms with Gasteiger partial charge in [-0.15, -0.1) is 0 Å². The van der Waals surface area contributed by atoms with Crippen LogP contribution >= 0.6 is 0 Å². The SMILES string of the molecule is CCC(NC)c1ccc(C)cc1F. The van der Waals surface area contributed by atoms with Gasteiger partial charge in [-0.3, -0.25) is 0 Å².